The maximum atomic E-state index is 12.4. The number of rotatable bonds is 5. The van der Waals surface area contributed by atoms with Crippen molar-refractivity contribution in [2.75, 3.05) is 15.8 Å². The first-order chi connectivity index (χ1) is 11.9. The summed E-state index contributed by atoms with van der Waals surface area (Å²) in [5.41, 5.74) is 2.56. The number of nitrogens with one attached hydrogen (secondary N) is 2. The number of oxazole rings is 1. The molecule has 0 bridgehead atoms. The third-order valence-corrected chi connectivity index (χ3v) is 4.84. The molecule has 1 aromatic heterocycles. The highest BCUT2D eigenvalue weighted by molar-refractivity contribution is 7.92. The first-order valence-electron chi connectivity index (χ1n) is 7.65. The van der Waals surface area contributed by atoms with Gasteiger partial charge in [-0.15, -0.1) is 0 Å². The number of aryl methyl sites for hydroxylation is 1. The number of hydrogen-bond acceptors (Lipinski definition) is 5. The van der Waals surface area contributed by atoms with E-state index in [1.54, 1.807) is 50.2 Å². The first kappa shape index (κ1) is 17.0. The molecule has 25 heavy (non-hydrogen) atoms. The Bertz CT molecular complexity index is 1040. The van der Waals surface area contributed by atoms with Crippen molar-refractivity contribution in [3.8, 4) is 0 Å². The lowest BCUT2D eigenvalue weighted by Crippen LogP contribution is -2.16. The molecule has 0 unspecified atom stereocenters. The van der Waals surface area contributed by atoms with E-state index in [1.807, 2.05) is 0 Å². The van der Waals surface area contributed by atoms with Gasteiger partial charge in [-0.25, -0.2) is 13.4 Å². The van der Waals surface area contributed by atoms with Gasteiger partial charge in [0.1, 0.15) is 5.52 Å². The Balaban J connectivity index is 1.80. The Morgan fingerprint density at radius 2 is 1.96 bits per heavy atom. The number of carbonyl (C=O) groups excluding carboxylic acids is 1. The van der Waals surface area contributed by atoms with Crippen LogP contribution in [0.4, 0.5) is 11.4 Å². The van der Waals surface area contributed by atoms with Gasteiger partial charge >= 0.3 is 0 Å². The lowest BCUT2D eigenvalue weighted by atomic mass is 10.2. The molecule has 0 fully saturated rings. The number of benzene rings is 2. The molecule has 2 aromatic carbocycles. The van der Waals surface area contributed by atoms with Crippen LogP contribution in [0.5, 0.6) is 0 Å². The van der Waals surface area contributed by atoms with Gasteiger partial charge < -0.3 is 9.73 Å². The first-order valence-corrected chi connectivity index (χ1v) is 9.30. The summed E-state index contributed by atoms with van der Waals surface area (Å²) in [5.74, 6) is 0.159. The maximum absolute atomic E-state index is 12.4. The fourth-order valence-corrected chi connectivity index (χ4v) is 2.93. The summed E-state index contributed by atoms with van der Waals surface area (Å²) in [6.45, 7) is 3.29. The Kier molecular flexibility index (Phi) is 4.45. The summed E-state index contributed by atoms with van der Waals surface area (Å²) >= 11 is 0. The van der Waals surface area contributed by atoms with Gasteiger partial charge in [0.2, 0.25) is 10.0 Å². The predicted octanol–water partition coefficient (Wildman–Crippen LogP) is 3.15. The molecule has 1 heterocycles. The van der Waals surface area contributed by atoms with Crippen molar-refractivity contribution >= 4 is 38.4 Å². The van der Waals surface area contributed by atoms with Crippen LogP contribution in [-0.4, -0.2) is 25.1 Å². The third-order valence-electron chi connectivity index (χ3n) is 3.53. The van der Waals surface area contributed by atoms with Gasteiger partial charge in [0, 0.05) is 23.9 Å². The van der Waals surface area contributed by atoms with E-state index in [2.05, 4.69) is 15.0 Å². The van der Waals surface area contributed by atoms with Gasteiger partial charge in [-0.3, -0.25) is 9.52 Å². The van der Waals surface area contributed by atoms with E-state index in [0.29, 0.717) is 33.9 Å². The van der Waals surface area contributed by atoms with Crippen LogP contribution in [0.1, 0.15) is 23.2 Å². The van der Waals surface area contributed by atoms with E-state index < -0.39 is 10.0 Å². The monoisotopic (exact) mass is 359 g/mol. The fraction of sp³-hybridized carbons (Fsp3) is 0.176. The van der Waals surface area contributed by atoms with Crippen LogP contribution in [0.25, 0.3) is 11.1 Å². The summed E-state index contributed by atoms with van der Waals surface area (Å²) < 4.78 is 31.1. The summed E-state index contributed by atoms with van der Waals surface area (Å²) in [7, 11) is -3.40. The molecule has 0 atom stereocenters. The molecule has 0 radical (unpaired) electrons. The minimum Gasteiger partial charge on any atom is -0.441 e. The van der Waals surface area contributed by atoms with E-state index in [-0.39, 0.29) is 11.7 Å². The van der Waals surface area contributed by atoms with Gasteiger partial charge in [-0.2, -0.15) is 0 Å². The van der Waals surface area contributed by atoms with Crippen molar-refractivity contribution in [2.24, 2.45) is 0 Å². The number of aromatic nitrogens is 1. The Labute approximate surface area is 145 Å². The van der Waals surface area contributed by atoms with Crippen LogP contribution in [-0.2, 0) is 10.0 Å². The lowest BCUT2D eigenvalue weighted by molar-refractivity contribution is 0.102. The topological polar surface area (TPSA) is 101 Å². The van der Waals surface area contributed by atoms with E-state index >= 15 is 0 Å². The summed E-state index contributed by atoms with van der Waals surface area (Å²) in [5, 5.41) is 2.77. The lowest BCUT2D eigenvalue weighted by Gasteiger charge is -2.09. The van der Waals surface area contributed by atoms with Crippen molar-refractivity contribution in [2.45, 2.75) is 13.8 Å². The van der Waals surface area contributed by atoms with E-state index in [0.717, 1.165) is 0 Å². The van der Waals surface area contributed by atoms with Crippen molar-refractivity contribution in [3.05, 3.63) is 53.9 Å². The molecular weight excluding hydrogens is 342 g/mol. The van der Waals surface area contributed by atoms with Crippen molar-refractivity contribution in [1.29, 1.82) is 0 Å². The standard InChI is InChI=1S/C17H17N3O4S/c1-3-25(22,23)20-14-6-4-5-12(9-14)17(21)19-13-7-8-16-15(10-13)18-11(2)24-16/h4-10,20H,3H2,1-2H3,(H,19,21). The third kappa shape index (κ3) is 3.97. The molecule has 1 amide bonds. The largest absolute Gasteiger partial charge is 0.441 e. The highest BCUT2D eigenvalue weighted by atomic mass is 32.2. The second kappa shape index (κ2) is 6.56. The minimum atomic E-state index is -3.40. The van der Waals surface area contributed by atoms with Crippen LogP contribution < -0.4 is 10.0 Å². The number of nitrogens with zero attached hydrogens (tertiary/aromatic N) is 1. The van der Waals surface area contributed by atoms with Gasteiger partial charge in [0.15, 0.2) is 11.5 Å². The second-order valence-corrected chi connectivity index (χ2v) is 7.47. The molecule has 0 saturated heterocycles. The summed E-state index contributed by atoms with van der Waals surface area (Å²) in [6.07, 6.45) is 0. The maximum Gasteiger partial charge on any atom is 0.255 e. The molecule has 130 valence electrons. The number of sulfonamides is 1. The molecule has 2 N–H and O–H groups in total. The predicted molar refractivity (Wildman–Crippen MR) is 96.2 cm³/mol. The van der Waals surface area contributed by atoms with E-state index in [1.165, 1.54) is 6.07 Å². The van der Waals surface area contributed by atoms with Gasteiger partial charge in [-0.05, 0) is 43.3 Å². The molecular formula is C17H17N3O4S. The van der Waals surface area contributed by atoms with Gasteiger partial charge in [0.05, 0.1) is 5.75 Å². The van der Waals surface area contributed by atoms with Crippen LogP contribution in [0.2, 0.25) is 0 Å². The number of hydrogen-bond donors (Lipinski definition) is 2. The highest BCUT2D eigenvalue weighted by Gasteiger charge is 2.11. The van der Waals surface area contributed by atoms with Gasteiger partial charge in [0.25, 0.3) is 5.91 Å². The quantitative estimate of drug-likeness (QED) is 0.729. The smallest absolute Gasteiger partial charge is 0.255 e. The molecule has 3 aromatic rings. The summed E-state index contributed by atoms with van der Waals surface area (Å²) in [6, 6.07) is 11.5. The zero-order valence-corrected chi connectivity index (χ0v) is 14.6. The summed E-state index contributed by atoms with van der Waals surface area (Å²) in [4.78, 5) is 16.6. The van der Waals surface area contributed by atoms with Gasteiger partial charge in [-0.1, -0.05) is 6.07 Å². The van der Waals surface area contributed by atoms with Crippen molar-refractivity contribution < 1.29 is 17.6 Å². The number of fused-ring (bicyclic) bond motifs is 1. The minimum absolute atomic E-state index is 0.0411. The molecule has 8 heteroatoms. The normalized spacial score (nSPS) is 11.4. The number of carbonyl (C=O) groups is 1. The SMILES string of the molecule is CCS(=O)(=O)Nc1cccc(C(=O)Nc2ccc3oc(C)nc3c2)c1. The molecule has 3 rings (SSSR count). The molecule has 7 nitrogen and oxygen atoms in total. The van der Waals surface area contributed by atoms with Crippen LogP contribution >= 0.6 is 0 Å². The average Bonchev–Trinajstić information content (AvgIpc) is 2.94. The zero-order chi connectivity index (χ0) is 18.0. The highest BCUT2D eigenvalue weighted by Crippen LogP contribution is 2.21. The van der Waals surface area contributed by atoms with E-state index in [9.17, 15) is 13.2 Å². The molecule has 0 aliphatic heterocycles. The van der Waals surface area contributed by atoms with E-state index in [4.69, 9.17) is 4.42 Å². The number of amides is 1. The van der Waals surface area contributed by atoms with Crippen LogP contribution in [0, 0.1) is 6.92 Å². The molecule has 0 spiro atoms. The van der Waals surface area contributed by atoms with Crippen molar-refractivity contribution in [3.63, 3.8) is 0 Å². The second-order valence-electron chi connectivity index (χ2n) is 5.46. The Morgan fingerprint density at radius 1 is 1.16 bits per heavy atom. The Morgan fingerprint density at radius 3 is 2.72 bits per heavy atom. The molecule has 0 saturated carbocycles. The van der Waals surface area contributed by atoms with Crippen LogP contribution in [0.15, 0.2) is 46.9 Å². The zero-order valence-electron chi connectivity index (χ0n) is 13.7. The average molecular weight is 359 g/mol. The van der Waals surface area contributed by atoms with Crippen LogP contribution in [0.3, 0.4) is 0 Å². The van der Waals surface area contributed by atoms with Crippen molar-refractivity contribution in [1.82, 2.24) is 4.98 Å². The molecule has 0 aliphatic rings. The Hall–Kier alpha value is -2.87. The fourth-order valence-electron chi connectivity index (χ4n) is 2.30. The number of anilines is 2. The molecule has 0 aliphatic carbocycles.